The van der Waals surface area contributed by atoms with Gasteiger partial charge in [0.2, 0.25) is 5.95 Å². The molecular weight excluding hydrogens is 231 g/mol. The molecule has 0 aromatic carbocycles. The van der Waals surface area contributed by atoms with E-state index in [9.17, 15) is 9.65 Å². The molecule has 4 rings (SSSR count). The molecule has 2 heterocycles. The number of hydrogen-bond donors (Lipinski definition) is 0. The Labute approximate surface area is 103 Å². The van der Waals surface area contributed by atoms with Crippen molar-refractivity contribution in [2.75, 3.05) is 0 Å². The predicted octanol–water partition coefficient (Wildman–Crippen LogP) is 2.30. The normalized spacial score (nSPS) is 23.9. The van der Waals surface area contributed by atoms with E-state index >= 15 is 0 Å². The van der Waals surface area contributed by atoms with Crippen molar-refractivity contribution in [3.05, 3.63) is 29.5 Å². The van der Waals surface area contributed by atoms with Crippen LogP contribution in [-0.2, 0) is 5.41 Å². The summed E-state index contributed by atoms with van der Waals surface area (Å²) in [5.41, 5.74) is 2.54. The number of halogens is 1. The van der Waals surface area contributed by atoms with Crippen LogP contribution in [0, 0.1) is 17.3 Å². The van der Waals surface area contributed by atoms with Gasteiger partial charge >= 0.3 is 0 Å². The summed E-state index contributed by atoms with van der Waals surface area (Å²) in [5, 5.41) is 13.2. The minimum atomic E-state index is -0.509. The molecule has 90 valence electrons. The summed E-state index contributed by atoms with van der Waals surface area (Å²) in [5.74, 6) is -0.629. The van der Waals surface area contributed by atoms with Gasteiger partial charge in [0.15, 0.2) is 5.65 Å². The van der Waals surface area contributed by atoms with Crippen LogP contribution in [0.4, 0.5) is 4.39 Å². The number of rotatable bonds is 0. The van der Waals surface area contributed by atoms with Crippen LogP contribution >= 0.6 is 0 Å². The van der Waals surface area contributed by atoms with Crippen molar-refractivity contribution in [3.63, 3.8) is 0 Å². The molecule has 2 aliphatic rings. The van der Waals surface area contributed by atoms with Gasteiger partial charge in [-0.3, -0.25) is 0 Å². The van der Waals surface area contributed by atoms with E-state index in [4.69, 9.17) is 0 Å². The molecule has 2 aliphatic carbocycles. The zero-order valence-corrected chi connectivity index (χ0v) is 9.73. The van der Waals surface area contributed by atoms with Gasteiger partial charge in [0.05, 0.1) is 17.7 Å². The Kier molecular flexibility index (Phi) is 1.71. The lowest BCUT2D eigenvalue weighted by molar-refractivity contribution is 0.229. The predicted molar refractivity (Wildman–Crippen MR) is 61.4 cm³/mol. The van der Waals surface area contributed by atoms with Gasteiger partial charge in [0.25, 0.3) is 0 Å². The highest BCUT2D eigenvalue weighted by molar-refractivity contribution is 5.49. The molecule has 2 aromatic heterocycles. The van der Waals surface area contributed by atoms with Crippen LogP contribution in [0.1, 0.15) is 42.9 Å². The van der Waals surface area contributed by atoms with Crippen LogP contribution in [0.3, 0.4) is 0 Å². The van der Waals surface area contributed by atoms with Crippen LogP contribution < -0.4 is 0 Å². The summed E-state index contributed by atoms with van der Waals surface area (Å²) >= 11 is 0. The van der Waals surface area contributed by atoms with Gasteiger partial charge in [0.1, 0.15) is 0 Å². The SMILES string of the molecule is N#CC1CC2(CCC2)c2c1cnc1cc(F)nn21. The quantitative estimate of drug-likeness (QED) is 0.712. The molecule has 0 saturated heterocycles. The van der Waals surface area contributed by atoms with E-state index in [1.165, 1.54) is 12.5 Å². The van der Waals surface area contributed by atoms with Crippen molar-refractivity contribution in [1.29, 1.82) is 5.26 Å². The molecule has 1 saturated carbocycles. The molecule has 0 aliphatic heterocycles. The van der Waals surface area contributed by atoms with Crippen molar-refractivity contribution in [3.8, 4) is 6.07 Å². The van der Waals surface area contributed by atoms with E-state index in [0.717, 1.165) is 30.5 Å². The van der Waals surface area contributed by atoms with Crippen LogP contribution in [0.15, 0.2) is 12.3 Å². The first kappa shape index (κ1) is 10.0. The second kappa shape index (κ2) is 3.08. The van der Waals surface area contributed by atoms with E-state index in [1.807, 2.05) is 0 Å². The molecule has 5 heteroatoms. The smallest absolute Gasteiger partial charge is 0.235 e. The summed E-state index contributed by atoms with van der Waals surface area (Å²) in [7, 11) is 0. The minimum Gasteiger partial charge on any atom is -0.237 e. The molecule has 2 aromatic rings. The average molecular weight is 242 g/mol. The van der Waals surface area contributed by atoms with Gasteiger partial charge in [-0.25, -0.2) is 9.50 Å². The van der Waals surface area contributed by atoms with Gasteiger partial charge in [-0.1, -0.05) is 6.42 Å². The van der Waals surface area contributed by atoms with E-state index in [2.05, 4.69) is 16.2 Å². The van der Waals surface area contributed by atoms with E-state index < -0.39 is 5.95 Å². The number of hydrogen-bond acceptors (Lipinski definition) is 3. The highest BCUT2D eigenvalue weighted by Gasteiger charge is 2.50. The van der Waals surface area contributed by atoms with Gasteiger partial charge in [-0.05, 0) is 19.3 Å². The summed E-state index contributed by atoms with van der Waals surface area (Å²) in [6, 6.07) is 3.68. The third-order valence-corrected chi connectivity index (χ3v) is 4.42. The Morgan fingerprint density at radius 2 is 2.33 bits per heavy atom. The van der Waals surface area contributed by atoms with Crippen molar-refractivity contribution in [2.45, 2.75) is 37.0 Å². The van der Waals surface area contributed by atoms with Crippen molar-refractivity contribution >= 4 is 5.65 Å². The second-order valence-corrected chi connectivity index (χ2v) is 5.32. The van der Waals surface area contributed by atoms with E-state index in [0.29, 0.717) is 5.65 Å². The highest BCUT2D eigenvalue weighted by atomic mass is 19.1. The molecule has 0 amide bonds. The van der Waals surface area contributed by atoms with Gasteiger partial charge < -0.3 is 0 Å². The summed E-state index contributed by atoms with van der Waals surface area (Å²) in [6.45, 7) is 0. The number of fused-ring (bicyclic) bond motifs is 4. The topological polar surface area (TPSA) is 54.0 Å². The molecule has 1 spiro atoms. The fraction of sp³-hybridized carbons (Fsp3) is 0.462. The first-order valence-corrected chi connectivity index (χ1v) is 6.18. The molecule has 0 radical (unpaired) electrons. The first-order chi connectivity index (χ1) is 8.73. The first-order valence-electron chi connectivity index (χ1n) is 6.18. The Bertz CT molecular complexity index is 693. The monoisotopic (exact) mass is 242 g/mol. The molecule has 1 fully saturated rings. The molecule has 0 bridgehead atoms. The summed E-state index contributed by atoms with van der Waals surface area (Å²) in [4.78, 5) is 4.21. The lowest BCUT2D eigenvalue weighted by atomic mass is 9.66. The Balaban J connectivity index is 2.07. The maximum Gasteiger partial charge on any atom is 0.235 e. The van der Waals surface area contributed by atoms with Gasteiger partial charge in [0, 0.05) is 23.2 Å². The third-order valence-electron chi connectivity index (χ3n) is 4.42. The number of aromatic nitrogens is 3. The minimum absolute atomic E-state index is 0.0371. The Morgan fingerprint density at radius 1 is 1.50 bits per heavy atom. The molecule has 1 unspecified atom stereocenters. The van der Waals surface area contributed by atoms with Crippen LogP contribution in [0.25, 0.3) is 5.65 Å². The lowest BCUT2D eigenvalue weighted by Gasteiger charge is -2.38. The van der Waals surface area contributed by atoms with Crippen molar-refractivity contribution < 1.29 is 4.39 Å². The summed E-state index contributed by atoms with van der Waals surface area (Å²) < 4.78 is 14.9. The van der Waals surface area contributed by atoms with Gasteiger partial charge in [-0.2, -0.15) is 9.65 Å². The fourth-order valence-electron chi connectivity index (χ4n) is 3.46. The zero-order chi connectivity index (χ0) is 12.3. The van der Waals surface area contributed by atoms with Gasteiger partial charge in [-0.15, -0.1) is 5.10 Å². The number of nitriles is 1. The number of nitrogens with zero attached hydrogens (tertiary/aromatic N) is 4. The maximum atomic E-state index is 13.3. The van der Waals surface area contributed by atoms with Crippen LogP contribution in [0.5, 0.6) is 0 Å². The fourth-order valence-corrected chi connectivity index (χ4v) is 3.46. The standard InChI is InChI=1S/C13H11FN4/c14-10-4-11-16-7-9-8(6-15)5-13(2-1-3-13)12(9)18(11)17-10/h4,7-8H,1-3,5H2. The lowest BCUT2D eigenvalue weighted by Crippen LogP contribution is -2.33. The van der Waals surface area contributed by atoms with Crippen molar-refractivity contribution in [2.24, 2.45) is 0 Å². The highest BCUT2D eigenvalue weighted by Crippen LogP contribution is 2.56. The molecule has 4 nitrogen and oxygen atoms in total. The van der Waals surface area contributed by atoms with Crippen LogP contribution in [-0.4, -0.2) is 14.6 Å². The van der Waals surface area contributed by atoms with Crippen molar-refractivity contribution in [1.82, 2.24) is 14.6 Å². The zero-order valence-electron chi connectivity index (χ0n) is 9.73. The molecular formula is C13H11FN4. The summed E-state index contributed by atoms with van der Waals surface area (Å²) in [6.07, 6.45) is 5.87. The third kappa shape index (κ3) is 1.03. The largest absolute Gasteiger partial charge is 0.237 e. The second-order valence-electron chi connectivity index (χ2n) is 5.32. The average Bonchev–Trinajstić information content (AvgIpc) is 2.84. The molecule has 0 N–H and O–H groups in total. The maximum absolute atomic E-state index is 13.3. The van der Waals surface area contributed by atoms with E-state index in [-0.39, 0.29) is 11.3 Å². The molecule has 18 heavy (non-hydrogen) atoms. The van der Waals surface area contributed by atoms with E-state index in [1.54, 1.807) is 10.7 Å². The van der Waals surface area contributed by atoms with Crippen LogP contribution in [0.2, 0.25) is 0 Å². The molecule has 1 atom stereocenters. The Hall–Kier alpha value is -1.96. The Morgan fingerprint density at radius 3 is 3.00 bits per heavy atom.